The second kappa shape index (κ2) is 7.12. The van der Waals surface area contributed by atoms with Gasteiger partial charge in [0.1, 0.15) is 12.2 Å². The number of rotatable bonds is 5. The molecular formula is C22H27NO3. The van der Waals surface area contributed by atoms with E-state index in [2.05, 4.69) is 53.4 Å². The second-order valence-corrected chi connectivity index (χ2v) is 7.81. The third kappa shape index (κ3) is 3.69. The van der Waals surface area contributed by atoms with E-state index >= 15 is 0 Å². The molecule has 0 bridgehead atoms. The zero-order valence-electron chi connectivity index (χ0n) is 15.4. The van der Waals surface area contributed by atoms with E-state index in [1.54, 1.807) is 0 Å². The van der Waals surface area contributed by atoms with Crippen molar-refractivity contribution in [1.29, 1.82) is 0 Å². The number of hydrogen-bond acceptors (Lipinski definition) is 4. The van der Waals surface area contributed by atoms with Crippen molar-refractivity contribution in [3.63, 3.8) is 0 Å². The summed E-state index contributed by atoms with van der Waals surface area (Å²) in [6.45, 7) is 5.49. The molecule has 26 heavy (non-hydrogen) atoms. The molecular weight excluding hydrogens is 326 g/mol. The van der Waals surface area contributed by atoms with Crippen LogP contribution in [0.1, 0.15) is 31.4 Å². The normalized spacial score (nSPS) is 29.8. The van der Waals surface area contributed by atoms with E-state index in [0.717, 1.165) is 13.1 Å². The first-order valence-corrected chi connectivity index (χ1v) is 9.37. The van der Waals surface area contributed by atoms with Crippen molar-refractivity contribution in [2.45, 2.75) is 63.5 Å². The third-order valence-electron chi connectivity index (χ3n) is 5.33. The highest BCUT2D eigenvalue weighted by Gasteiger charge is 2.55. The average molecular weight is 353 g/mol. The summed E-state index contributed by atoms with van der Waals surface area (Å²) >= 11 is 0. The van der Waals surface area contributed by atoms with Gasteiger partial charge in [-0.15, -0.1) is 0 Å². The fourth-order valence-corrected chi connectivity index (χ4v) is 4.21. The van der Waals surface area contributed by atoms with Crippen molar-refractivity contribution >= 4 is 0 Å². The van der Waals surface area contributed by atoms with Crippen LogP contribution in [0.4, 0.5) is 0 Å². The topological polar surface area (TPSA) is 41.9 Å². The van der Waals surface area contributed by atoms with E-state index in [9.17, 15) is 5.11 Å². The van der Waals surface area contributed by atoms with E-state index < -0.39 is 11.9 Å². The first kappa shape index (κ1) is 17.7. The van der Waals surface area contributed by atoms with Crippen LogP contribution in [-0.2, 0) is 22.6 Å². The summed E-state index contributed by atoms with van der Waals surface area (Å²) in [5.74, 6) is -0.639. The third-order valence-corrected chi connectivity index (χ3v) is 5.33. The predicted molar refractivity (Wildman–Crippen MR) is 100 cm³/mol. The quantitative estimate of drug-likeness (QED) is 0.895. The van der Waals surface area contributed by atoms with Gasteiger partial charge in [0.15, 0.2) is 5.79 Å². The lowest BCUT2D eigenvalue weighted by Gasteiger charge is -2.33. The average Bonchev–Trinajstić information content (AvgIpc) is 3.10. The summed E-state index contributed by atoms with van der Waals surface area (Å²) < 4.78 is 12.2. The molecule has 1 saturated carbocycles. The molecule has 138 valence electrons. The summed E-state index contributed by atoms with van der Waals surface area (Å²) in [5, 5.41) is 10.6. The smallest absolute Gasteiger partial charge is 0.163 e. The van der Waals surface area contributed by atoms with Crippen LogP contribution in [0.5, 0.6) is 0 Å². The lowest BCUT2D eigenvalue weighted by Crippen LogP contribution is -2.42. The Hall–Kier alpha value is -1.72. The van der Waals surface area contributed by atoms with Gasteiger partial charge in [0, 0.05) is 19.1 Å². The Morgan fingerprint density at radius 2 is 1.38 bits per heavy atom. The number of nitrogens with zero attached hydrogens (tertiary/aromatic N) is 1. The Bertz CT molecular complexity index is 677. The Kier molecular flexibility index (Phi) is 4.84. The maximum atomic E-state index is 10.6. The molecule has 1 aliphatic heterocycles. The molecule has 1 aliphatic carbocycles. The molecule has 0 aromatic heterocycles. The van der Waals surface area contributed by atoms with E-state index in [-0.39, 0.29) is 18.2 Å². The van der Waals surface area contributed by atoms with Crippen LogP contribution in [-0.4, -0.2) is 40.1 Å². The molecule has 0 unspecified atom stereocenters. The van der Waals surface area contributed by atoms with Crippen molar-refractivity contribution in [3.05, 3.63) is 71.8 Å². The lowest BCUT2D eigenvalue weighted by atomic mass is 10.1. The molecule has 4 heteroatoms. The minimum Gasteiger partial charge on any atom is -0.390 e. The molecule has 2 fully saturated rings. The van der Waals surface area contributed by atoms with Gasteiger partial charge in [-0.1, -0.05) is 60.7 Å². The SMILES string of the molecule is CC1(C)O[C@@H]2[C@H](O1)[C@H](N(Cc1ccccc1)Cc1ccccc1)C[C@@H]2O. The van der Waals surface area contributed by atoms with Crippen LogP contribution in [0, 0.1) is 0 Å². The fourth-order valence-electron chi connectivity index (χ4n) is 4.21. The summed E-state index contributed by atoms with van der Waals surface area (Å²) in [7, 11) is 0. The van der Waals surface area contributed by atoms with Gasteiger partial charge in [-0.2, -0.15) is 0 Å². The first-order chi connectivity index (χ1) is 12.5. The molecule has 4 rings (SSSR count). The molecule has 0 spiro atoms. The minimum atomic E-state index is -0.639. The number of fused-ring (bicyclic) bond motifs is 1. The van der Waals surface area contributed by atoms with Crippen LogP contribution in [0.2, 0.25) is 0 Å². The zero-order valence-corrected chi connectivity index (χ0v) is 15.4. The van der Waals surface area contributed by atoms with Gasteiger partial charge in [0.05, 0.1) is 6.10 Å². The Morgan fingerprint density at radius 3 is 1.92 bits per heavy atom. The van der Waals surface area contributed by atoms with Crippen LogP contribution in [0.15, 0.2) is 60.7 Å². The van der Waals surface area contributed by atoms with Crippen LogP contribution in [0.3, 0.4) is 0 Å². The van der Waals surface area contributed by atoms with Gasteiger partial charge in [-0.05, 0) is 31.4 Å². The van der Waals surface area contributed by atoms with E-state index in [0.29, 0.717) is 6.42 Å². The second-order valence-electron chi connectivity index (χ2n) is 7.81. The van der Waals surface area contributed by atoms with Gasteiger partial charge in [-0.25, -0.2) is 0 Å². The van der Waals surface area contributed by atoms with Crippen LogP contribution in [0.25, 0.3) is 0 Å². The van der Waals surface area contributed by atoms with Crippen molar-refractivity contribution in [2.75, 3.05) is 0 Å². The molecule has 4 nitrogen and oxygen atoms in total. The fraction of sp³-hybridized carbons (Fsp3) is 0.455. The number of hydrogen-bond donors (Lipinski definition) is 1. The zero-order chi connectivity index (χ0) is 18.1. The van der Waals surface area contributed by atoms with E-state index in [1.165, 1.54) is 11.1 Å². The van der Waals surface area contributed by atoms with Crippen molar-refractivity contribution in [1.82, 2.24) is 4.90 Å². The molecule has 1 saturated heterocycles. The van der Waals surface area contributed by atoms with Gasteiger partial charge in [-0.3, -0.25) is 4.90 Å². The molecule has 2 aromatic rings. The first-order valence-electron chi connectivity index (χ1n) is 9.37. The van der Waals surface area contributed by atoms with Gasteiger partial charge >= 0.3 is 0 Å². The highest BCUT2D eigenvalue weighted by molar-refractivity contribution is 5.18. The van der Waals surface area contributed by atoms with Crippen molar-refractivity contribution in [2.24, 2.45) is 0 Å². The standard InChI is InChI=1S/C22H27NO3/c1-22(2)25-20-18(13-19(24)21(20)26-22)23(14-16-9-5-3-6-10-16)15-17-11-7-4-8-12-17/h3-12,18-21,24H,13-15H2,1-2H3/t18-,19+,20-,21+/m1/s1. The maximum Gasteiger partial charge on any atom is 0.163 e. The summed E-state index contributed by atoms with van der Waals surface area (Å²) in [4.78, 5) is 2.42. The van der Waals surface area contributed by atoms with E-state index in [1.807, 2.05) is 26.0 Å². The molecule has 4 atom stereocenters. The highest BCUT2D eigenvalue weighted by atomic mass is 16.8. The summed E-state index contributed by atoms with van der Waals surface area (Å²) in [6, 6.07) is 21.1. The monoisotopic (exact) mass is 353 g/mol. The molecule has 1 N–H and O–H groups in total. The van der Waals surface area contributed by atoms with E-state index in [4.69, 9.17) is 9.47 Å². The molecule has 1 heterocycles. The summed E-state index contributed by atoms with van der Waals surface area (Å²) in [5.41, 5.74) is 2.53. The molecule has 2 aromatic carbocycles. The molecule has 2 aliphatic rings. The molecule has 0 radical (unpaired) electrons. The number of aliphatic hydroxyl groups is 1. The number of benzene rings is 2. The maximum absolute atomic E-state index is 10.6. The number of aliphatic hydroxyl groups excluding tert-OH is 1. The Balaban J connectivity index is 1.59. The highest BCUT2D eigenvalue weighted by Crippen LogP contribution is 2.41. The van der Waals surface area contributed by atoms with Crippen molar-refractivity contribution in [3.8, 4) is 0 Å². The van der Waals surface area contributed by atoms with Crippen molar-refractivity contribution < 1.29 is 14.6 Å². The van der Waals surface area contributed by atoms with Gasteiger partial charge < -0.3 is 14.6 Å². The number of ether oxygens (including phenoxy) is 2. The minimum absolute atomic E-state index is 0.104. The predicted octanol–water partition coefficient (Wildman–Crippen LogP) is 3.34. The summed E-state index contributed by atoms with van der Waals surface area (Å²) in [6.07, 6.45) is -0.164. The Morgan fingerprint density at radius 1 is 0.885 bits per heavy atom. The molecule has 0 amide bonds. The lowest BCUT2D eigenvalue weighted by molar-refractivity contribution is -0.168. The van der Waals surface area contributed by atoms with Crippen LogP contribution < -0.4 is 0 Å². The van der Waals surface area contributed by atoms with Gasteiger partial charge in [0.2, 0.25) is 0 Å². The van der Waals surface area contributed by atoms with Crippen LogP contribution >= 0.6 is 0 Å². The largest absolute Gasteiger partial charge is 0.390 e. The van der Waals surface area contributed by atoms with Gasteiger partial charge in [0.25, 0.3) is 0 Å². The Labute approximate surface area is 155 Å².